The minimum Gasteiger partial charge on any atom is -0.481 e. The van der Waals surface area contributed by atoms with E-state index in [-0.39, 0.29) is 24.5 Å². The first-order chi connectivity index (χ1) is 6.43. The van der Waals surface area contributed by atoms with E-state index in [1.165, 1.54) is 0 Å². The van der Waals surface area contributed by atoms with Gasteiger partial charge in [0, 0.05) is 12.3 Å². The van der Waals surface area contributed by atoms with E-state index in [9.17, 15) is 14.4 Å². The summed E-state index contributed by atoms with van der Waals surface area (Å²) in [6.45, 7) is 1.64. The molecule has 0 saturated heterocycles. The molecule has 0 aromatic heterocycles. The molecule has 0 amide bonds. The van der Waals surface area contributed by atoms with Gasteiger partial charge in [0.15, 0.2) is 0 Å². The van der Waals surface area contributed by atoms with Gasteiger partial charge >= 0.3 is 11.9 Å². The fraction of sp³-hybridized carbons (Fsp3) is 0.667. The van der Waals surface area contributed by atoms with Crippen molar-refractivity contribution in [1.82, 2.24) is 0 Å². The van der Waals surface area contributed by atoms with E-state index in [0.29, 0.717) is 0 Å². The molecule has 0 heterocycles. The average molecular weight is 200 g/mol. The molecular weight excluding hydrogens is 188 g/mol. The summed E-state index contributed by atoms with van der Waals surface area (Å²) in [4.78, 5) is 32.7. The Morgan fingerprint density at radius 2 is 1.71 bits per heavy atom. The molecule has 2 N–H and O–H groups in total. The monoisotopic (exact) mass is 200 g/mol. The van der Waals surface area contributed by atoms with Crippen molar-refractivity contribution in [2.75, 3.05) is 0 Å². The van der Waals surface area contributed by atoms with Crippen molar-refractivity contribution in [3.63, 3.8) is 0 Å². The lowest BCUT2D eigenvalue weighted by atomic mass is 9.74. The van der Waals surface area contributed by atoms with E-state index in [0.717, 1.165) is 0 Å². The van der Waals surface area contributed by atoms with Gasteiger partial charge in [-0.15, -0.1) is 0 Å². The number of Topliss-reactive ketones (excluding diaryl/α,β-unsaturated/α-hetero) is 1. The van der Waals surface area contributed by atoms with Crippen LogP contribution in [0.1, 0.15) is 19.8 Å². The highest BCUT2D eigenvalue weighted by atomic mass is 16.4. The molecule has 1 aliphatic carbocycles. The second-order valence-electron chi connectivity index (χ2n) is 3.70. The van der Waals surface area contributed by atoms with Gasteiger partial charge in [0.2, 0.25) is 0 Å². The van der Waals surface area contributed by atoms with E-state index in [2.05, 4.69) is 0 Å². The van der Waals surface area contributed by atoms with Crippen LogP contribution in [0, 0.1) is 17.8 Å². The maximum absolute atomic E-state index is 11.2. The smallest absolute Gasteiger partial charge is 0.307 e. The van der Waals surface area contributed by atoms with Crippen molar-refractivity contribution in [2.45, 2.75) is 19.8 Å². The second kappa shape index (κ2) is 3.77. The van der Waals surface area contributed by atoms with Crippen LogP contribution < -0.4 is 0 Å². The molecule has 0 aromatic rings. The van der Waals surface area contributed by atoms with E-state index in [4.69, 9.17) is 10.2 Å². The van der Waals surface area contributed by atoms with Gasteiger partial charge in [-0.2, -0.15) is 0 Å². The van der Waals surface area contributed by atoms with E-state index in [1.54, 1.807) is 6.92 Å². The van der Waals surface area contributed by atoms with Gasteiger partial charge in [0.25, 0.3) is 0 Å². The Hall–Kier alpha value is -1.39. The normalized spacial score (nSPS) is 32.6. The minimum atomic E-state index is -1.20. The molecule has 1 fully saturated rings. The van der Waals surface area contributed by atoms with Crippen LogP contribution in [0.3, 0.4) is 0 Å². The van der Waals surface area contributed by atoms with Crippen molar-refractivity contribution in [2.24, 2.45) is 17.8 Å². The van der Waals surface area contributed by atoms with Gasteiger partial charge in [-0.25, -0.2) is 0 Å². The number of hydrogen-bond donors (Lipinski definition) is 2. The van der Waals surface area contributed by atoms with Gasteiger partial charge < -0.3 is 10.2 Å². The third kappa shape index (κ3) is 1.92. The lowest BCUT2D eigenvalue weighted by molar-refractivity contribution is -0.158. The predicted octanol–water partition coefficient (Wildman–Crippen LogP) is 0.387. The fourth-order valence-corrected chi connectivity index (χ4v) is 1.77. The Kier molecular flexibility index (Phi) is 2.88. The summed E-state index contributed by atoms with van der Waals surface area (Å²) in [5.41, 5.74) is 0. The molecule has 1 rings (SSSR count). The fourth-order valence-electron chi connectivity index (χ4n) is 1.77. The third-order valence-corrected chi connectivity index (χ3v) is 2.70. The zero-order valence-electron chi connectivity index (χ0n) is 7.77. The lowest BCUT2D eigenvalue weighted by Crippen LogP contribution is -2.39. The molecule has 3 atom stereocenters. The Labute approximate surface area is 80.7 Å². The molecule has 5 heteroatoms. The van der Waals surface area contributed by atoms with Crippen LogP contribution >= 0.6 is 0 Å². The second-order valence-corrected chi connectivity index (χ2v) is 3.70. The van der Waals surface area contributed by atoms with Gasteiger partial charge in [-0.05, 0) is 6.42 Å². The van der Waals surface area contributed by atoms with Crippen LogP contribution in [0.25, 0.3) is 0 Å². The van der Waals surface area contributed by atoms with Gasteiger partial charge in [0.1, 0.15) is 5.78 Å². The van der Waals surface area contributed by atoms with Crippen LogP contribution in [-0.4, -0.2) is 27.9 Å². The Bertz CT molecular complexity index is 283. The number of carboxylic acids is 2. The summed E-state index contributed by atoms with van der Waals surface area (Å²) in [7, 11) is 0. The van der Waals surface area contributed by atoms with Gasteiger partial charge in [-0.1, -0.05) is 6.92 Å². The van der Waals surface area contributed by atoms with Crippen molar-refractivity contribution >= 4 is 17.7 Å². The molecular formula is C9H12O5. The minimum absolute atomic E-state index is 0.130. The summed E-state index contributed by atoms with van der Waals surface area (Å²) in [5.74, 6) is -4.81. The molecule has 5 nitrogen and oxygen atoms in total. The molecule has 0 spiro atoms. The molecule has 0 aliphatic heterocycles. The van der Waals surface area contributed by atoms with Crippen LogP contribution in [-0.2, 0) is 14.4 Å². The molecule has 1 aliphatic rings. The summed E-state index contributed by atoms with van der Waals surface area (Å²) in [6.07, 6.45) is -0.0292. The largest absolute Gasteiger partial charge is 0.481 e. The van der Waals surface area contributed by atoms with Crippen LogP contribution in [0.15, 0.2) is 0 Å². The number of aliphatic carboxylic acids is 2. The highest BCUT2D eigenvalue weighted by Crippen LogP contribution is 2.31. The third-order valence-electron chi connectivity index (χ3n) is 2.70. The molecule has 0 bridgehead atoms. The molecule has 78 valence electrons. The molecule has 0 aromatic carbocycles. The zero-order valence-corrected chi connectivity index (χ0v) is 7.77. The van der Waals surface area contributed by atoms with E-state index >= 15 is 0 Å². The number of carbonyl (C=O) groups is 3. The van der Waals surface area contributed by atoms with E-state index in [1.807, 2.05) is 0 Å². The van der Waals surface area contributed by atoms with Crippen molar-refractivity contribution < 1.29 is 24.6 Å². The van der Waals surface area contributed by atoms with Gasteiger partial charge in [-0.3, -0.25) is 14.4 Å². The summed E-state index contributed by atoms with van der Waals surface area (Å²) >= 11 is 0. The summed E-state index contributed by atoms with van der Waals surface area (Å²) < 4.78 is 0. The maximum Gasteiger partial charge on any atom is 0.307 e. The molecule has 0 radical (unpaired) electrons. The van der Waals surface area contributed by atoms with Crippen molar-refractivity contribution in [3.05, 3.63) is 0 Å². The number of hydrogen-bond acceptors (Lipinski definition) is 3. The Morgan fingerprint density at radius 1 is 1.21 bits per heavy atom. The first-order valence-electron chi connectivity index (χ1n) is 4.41. The summed E-state index contributed by atoms with van der Waals surface area (Å²) in [5, 5.41) is 17.5. The molecule has 1 saturated carbocycles. The lowest BCUT2D eigenvalue weighted by Gasteiger charge is -2.28. The topological polar surface area (TPSA) is 91.7 Å². The van der Waals surface area contributed by atoms with Crippen LogP contribution in [0.5, 0.6) is 0 Å². The Morgan fingerprint density at radius 3 is 2.14 bits per heavy atom. The zero-order chi connectivity index (χ0) is 10.9. The quantitative estimate of drug-likeness (QED) is 0.672. The first kappa shape index (κ1) is 10.7. The van der Waals surface area contributed by atoms with Crippen molar-refractivity contribution in [1.29, 1.82) is 0 Å². The van der Waals surface area contributed by atoms with Crippen LogP contribution in [0.2, 0.25) is 0 Å². The predicted molar refractivity (Wildman–Crippen MR) is 45.7 cm³/mol. The highest BCUT2D eigenvalue weighted by Gasteiger charge is 2.41. The standard InChI is InChI=1S/C9H12O5/c1-4-2-5(8(11)12)6(9(13)14)3-7(4)10/h4-6H,2-3H2,1H3,(H,11,12)(H,13,14). The SMILES string of the molecule is CC1CC(C(=O)O)C(C(=O)O)CC1=O. The number of carbonyl (C=O) groups excluding carboxylic acids is 1. The Balaban J connectivity index is 2.85. The molecule has 3 unspecified atom stereocenters. The van der Waals surface area contributed by atoms with E-state index < -0.39 is 23.8 Å². The summed E-state index contributed by atoms with van der Waals surface area (Å²) in [6, 6.07) is 0. The van der Waals surface area contributed by atoms with Crippen molar-refractivity contribution in [3.8, 4) is 0 Å². The average Bonchev–Trinajstić information content (AvgIpc) is 2.08. The highest BCUT2D eigenvalue weighted by molar-refractivity contribution is 5.90. The number of rotatable bonds is 2. The van der Waals surface area contributed by atoms with Crippen LogP contribution in [0.4, 0.5) is 0 Å². The first-order valence-corrected chi connectivity index (χ1v) is 4.41. The number of carboxylic acid groups (broad SMARTS) is 2. The maximum atomic E-state index is 11.2. The van der Waals surface area contributed by atoms with Gasteiger partial charge in [0.05, 0.1) is 11.8 Å². The number of ketones is 1. The molecule has 14 heavy (non-hydrogen) atoms.